The fraction of sp³-hybridized carbons (Fsp3) is 0.400. The Morgan fingerprint density at radius 1 is 1.42 bits per heavy atom. The second kappa shape index (κ2) is 4.38. The van der Waals surface area contributed by atoms with Crippen LogP contribution in [0.1, 0.15) is 35.9 Å². The van der Waals surface area contributed by atoms with Crippen LogP contribution in [0.4, 0.5) is 0 Å². The number of hydrogen-bond acceptors (Lipinski definition) is 3. The number of carbonyl (C=O) groups is 1. The Morgan fingerprint density at radius 2 is 2.16 bits per heavy atom. The van der Waals surface area contributed by atoms with E-state index in [1.165, 1.54) is 12.8 Å². The number of furan rings is 1. The molecule has 1 saturated carbocycles. The number of benzene rings is 1. The van der Waals surface area contributed by atoms with Crippen LogP contribution in [0.25, 0.3) is 11.0 Å². The zero-order chi connectivity index (χ0) is 13.5. The number of nitrogens with one attached hydrogen (secondary N) is 1. The summed E-state index contributed by atoms with van der Waals surface area (Å²) in [6.45, 7) is 3.70. The van der Waals surface area contributed by atoms with E-state index in [-0.39, 0.29) is 5.76 Å². The number of aromatic carboxylic acids is 1. The minimum atomic E-state index is -1.01. The van der Waals surface area contributed by atoms with Crippen LogP contribution in [0.3, 0.4) is 0 Å². The predicted molar refractivity (Wildman–Crippen MR) is 72.2 cm³/mol. The Hall–Kier alpha value is -1.81. The van der Waals surface area contributed by atoms with E-state index in [4.69, 9.17) is 4.42 Å². The highest BCUT2D eigenvalue weighted by Gasteiger charge is 2.36. The van der Waals surface area contributed by atoms with Crippen molar-refractivity contribution in [3.05, 3.63) is 35.6 Å². The monoisotopic (exact) mass is 259 g/mol. The Kier molecular flexibility index (Phi) is 2.82. The molecule has 1 aliphatic carbocycles. The first-order chi connectivity index (χ1) is 9.09. The summed E-state index contributed by atoms with van der Waals surface area (Å²) in [5.41, 5.74) is 1.78. The maximum Gasteiger partial charge on any atom is 0.372 e. The van der Waals surface area contributed by atoms with Gasteiger partial charge in [0.25, 0.3) is 0 Å². The molecule has 1 fully saturated rings. The molecule has 0 radical (unpaired) electrons. The summed E-state index contributed by atoms with van der Waals surface area (Å²) in [5.74, 6) is -0.958. The predicted octanol–water partition coefficient (Wildman–Crippen LogP) is 3.02. The summed E-state index contributed by atoms with van der Waals surface area (Å²) < 4.78 is 5.42. The van der Waals surface area contributed by atoms with Gasteiger partial charge in [-0.15, -0.1) is 0 Å². The Balaban J connectivity index is 1.86. The van der Waals surface area contributed by atoms with Crippen molar-refractivity contribution in [1.29, 1.82) is 0 Å². The number of para-hydroxylation sites is 1. The van der Waals surface area contributed by atoms with Crippen LogP contribution in [0, 0.1) is 5.41 Å². The van der Waals surface area contributed by atoms with Gasteiger partial charge in [-0.3, -0.25) is 0 Å². The van der Waals surface area contributed by atoms with Gasteiger partial charge in [-0.2, -0.15) is 0 Å². The fourth-order valence-corrected chi connectivity index (χ4v) is 2.33. The van der Waals surface area contributed by atoms with Gasteiger partial charge in [-0.25, -0.2) is 4.79 Å². The molecule has 0 bridgehead atoms. The van der Waals surface area contributed by atoms with Crippen molar-refractivity contribution >= 4 is 16.9 Å². The SMILES string of the molecule is CC1(CNCc2c(C(=O)O)oc3ccccc23)CC1. The molecular formula is C15H17NO3. The summed E-state index contributed by atoms with van der Waals surface area (Å²) in [6.07, 6.45) is 2.50. The van der Waals surface area contributed by atoms with Crippen LogP contribution in [0.5, 0.6) is 0 Å². The molecule has 0 amide bonds. The van der Waals surface area contributed by atoms with Gasteiger partial charge in [0.05, 0.1) is 0 Å². The summed E-state index contributed by atoms with van der Waals surface area (Å²) in [6, 6.07) is 7.45. The summed E-state index contributed by atoms with van der Waals surface area (Å²) in [5, 5.41) is 13.5. The van der Waals surface area contributed by atoms with Gasteiger partial charge >= 0.3 is 5.97 Å². The molecule has 3 rings (SSSR count). The standard InChI is InChI=1S/C15H17NO3/c1-15(6-7-15)9-16-8-11-10-4-2-3-5-12(10)19-13(11)14(17)18/h2-5,16H,6-9H2,1H3,(H,17,18). The number of carboxylic acids is 1. The lowest BCUT2D eigenvalue weighted by Gasteiger charge is -2.09. The summed E-state index contributed by atoms with van der Waals surface area (Å²) in [4.78, 5) is 11.2. The highest BCUT2D eigenvalue weighted by molar-refractivity contribution is 5.95. The van der Waals surface area contributed by atoms with Gasteiger partial charge < -0.3 is 14.8 Å². The van der Waals surface area contributed by atoms with E-state index in [0.29, 0.717) is 17.5 Å². The number of fused-ring (bicyclic) bond motifs is 1. The van der Waals surface area contributed by atoms with E-state index in [0.717, 1.165) is 17.5 Å². The molecule has 2 aromatic rings. The Morgan fingerprint density at radius 3 is 2.84 bits per heavy atom. The van der Waals surface area contributed by atoms with E-state index >= 15 is 0 Å². The van der Waals surface area contributed by atoms with Gasteiger partial charge in [0.1, 0.15) is 5.58 Å². The lowest BCUT2D eigenvalue weighted by atomic mass is 10.1. The molecule has 1 heterocycles. The third-order valence-corrected chi connectivity index (χ3v) is 3.85. The second-order valence-electron chi connectivity index (χ2n) is 5.63. The first-order valence-electron chi connectivity index (χ1n) is 6.53. The third-order valence-electron chi connectivity index (χ3n) is 3.85. The summed E-state index contributed by atoms with van der Waals surface area (Å²) >= 11 is 0. The van der Waals surface area contributed by atoms with Gasteiger partial charge in [0, 0.05) is 24.0 Å². The molecule has 4 nitrogen and oxygen atoms in total. The van der Waals surface area contributed by atoms with Crippen molar-refractivity contribution in [3.8, 4) is 0 Å². The smallest absolute Gasteiger partial charge is 0.372 e. The largest absolute Gasteiger partial charge is 0.475 e. The molecule has 0 spiro atoms. The Labute approximate surface area is 111 Å². The molecule has 1 aromatic heterocycles. The average molecular weight is 259 g/mol. The molecule has 4 heteroatoms. The molecule has 100 valence electrons. The van der Waals surface area contributed by atoms with Crippen molar-refractivity contribution < 1.29 is 14.3 Å². The molecular weight excluding hydrogens is 242 g/mol. The van der Waals surface area contributed by atoms with Crippen molar-refractivity contribution in [2.24, 2.45) is 5.41 Å². The molecule has 2 N–H and O–H groups in total. The zero-order valence-electron chi connectivity index (χ0n) is 10.9. The van der Waals surface area contributed by atoms with E-state index in [2.05, 4.69) is 12.2 Å². The summed E-state index contributed by atoms with van der Waals surface area (Å²) in [7, 11) is 0. The van der Waals surface area contributed by atoms with E-state index in [9.17, 15) is 9.90 Å². The van der Waals surface area contributed by atoms with Crippen molar-refractivity contribution in [2.45, 2.75) is 26.3 Å². The average Bonchev–Trinajstić information content (AvgIpc) is 3.00. The molecule has 0 aliphatic heterocycles. The highest BCUT2D eigenvalue weighted by Crippen LogP contribution is 2.44. The molecule has 0 atom stereocenters. The van der Waals surface area contributed by atoms with Crippen LogP contribution in [0.15, 0.2) is 28.7 Å². The topological polar surface area (TPSA) is 62.5 Å². The normalized spacial score (nSPS) is 16.7. The first-order valence-corrected chi connectivity index (χ1v) is 6.53. The quantitative estimate of drug-likeness (QED) is 0.866. The van der Waals surface area contributed by atoms with Gasteiger partial charge in [-0.05, 0) is 24.3 Å². The van der Waals surface area contributed by atoms with Gasteiger partial charge in [-0.1, -0.05) is 25.1 Å². The van der Waals surface area contributed by atoms with E-state index < -0.39 is 5.97 Å². The Bertz CT molecular complexity index is 625. The zero-order valence-corrected chi connectivity index (χ0v) is 10.9. The molecule has 19 heavy (non-hydrogen) atoms. The first kappa shape index (κ1) is 12.2. The lowest BCUT2D eigenvalue weighted by molar-refractivity contribution is 0.0663. The maximum absolute atomic E-state index is 11.2. The van der Waals surface area contributed by atoms with Crippen LogP contribution in [-0.4, -0.2) is 17.6 Å². The molecule has 0 unspecified atom stereocenters. The second-order valence-corrected chi connectivity index (χ2v) is 5.63. The van der Waals surface area contributed by atoms with Crippen molar-refractivity contribution in [3.63, 3.8) is 0 Å². The van der Waals surface area contributed by atoms with Crippen molar-refractivity contribution in [2.75, 3.05) is 6.54 Å². The fourth-order valence-electron chi connectivity index (χ4n) is 2.33. The van der Waals surface area contributed by atoms with Crippen molar-refractivity contribution in [1.82, 2.24) is 5.32 Å². The van der Waals surface area contributed by atoms with E-state index in [1.54, 1.807) is 6.07 Å². The number of carboxylic acid groups (broad SMARTS) is 1. The van der Waals surface area contributed by atoms with Gasteiger partial charge in [0.2, 0.25) is 5.76 Å². The van der Waals surface area contributed by atoms with Gasteiger partial charge in [0.15, 0.2) is 0 Å². The minimum Gasteiger partial charge on any atom is -0.475 e. The maximum atomic E-state index is 11.2. The highest BCUT2D eigenvalue weighted by atomic mass is 16.4. The van der Waals surface area contributed by atoms with E-state index in [1.807, 2.05) is 18.2 Å². The van der Waals surface area contributed by atoms with Crippen LogP contribution in [0.2, 0.25) is 0 Å². The number of rotatable bonds is 5. The minimum absolute atomic E-state index is 0.0506. The van der Waals surface area contributed by atoms with Crippen LogP contribution < -0.4 is 5.32 Å². The van der Waals surface area contributed by atoms with Crippen LogP contribution in [-0.2, 0) is 6.54 Å². The molecule has 1 aromatic carbocycles. The number of hydrogen-bond donors (Lipinski definition) is 2. The molecule has 0 saturated heterocycles. The lowest BCUT2D eigenvalue weighted by Crippen LogP contribution is -2.22. The van der Waals surface area contributed by atoms with Crippen LogP contribution >= 0.6 is 0 Å². The third kappa shape index (κ3) is 2.36. The molecule has 1 aliphatic rings.